The average molecular weight is 513 g/mol. The van der Waals surface area contributed by atoms with Crippen molar-refractivity contribution < 1.29 is 9.42 Å². The monoisotopic (exact) mass is 512 g/mol. The van der Waals surface area contributed by atoms with E-state index in [0.29, 0.717) is 17.1 Å². The lowest BCUT2D eigenvalue weighted by Gasteiger charge is -2.11. The van der Waals surface area contributed by atoms with Crippen molar-refractivity contribution in [3.63, 3.8) is 0 Å². The van der Waals surface area contributed by atoms with Crippen LogP contribution in [0.15, 0.2) is 75.2 Å². The summed E-state index contributed by atoms with van der Waals surface area (Å²) in [5.74, 6) is 0.0786. The predicted molar refractivity (Wildman–Crippen MR) is 123 cm³/mol. The zero-order valence-corrected chi connectivity index (χ0v) is 18.9. The molecule has 10 nitrogen and oxygen atoms in total. The van der Waals surface area contributed by atoms with Gasteiger partial charge in [0.05, 0.1) is 11.4 Å². The summed E-state index contributed by atoms with van der Waals surface area (Å²) >= 11 is 4.89. The number of benzene rings is 2. The van der Waals surface area contributed by atoms with E-state index in [1.54, 1.807) is 0 Å². The van der Waals surface area contributed by atoms with Crippen LogP contribution in [0.4, 0.5) is 5.82 Å². The van der Waals surface area contributed by atoms with Gasteiger partial charge in [-0.1, -0.05) is 58.1 Å². The summed E-state index contributed by atoms with van der Waals surface area (Å²) in [5, 5.41) is 15.4. The maximum Gasteiger partial charge on any atom is 0.292 e. The van der Waals surface area contributed by atoms with Crippen LogP contribution in [0.5, 0.6) is 0 Å². The van der Waals surface area contributed by atoms with Gasteiger partial charge >= 0.3 is 0 Å². The van der Waals surface area contributed by atoms with Crippen LogP contribution in [-0.4, -0.2) is 31.2 Å². The van der Waals surface area contributed by atoms with E-state index in [2.05, 4.69) is 58.6 Å². The van der Waals surface area contributed by atoms with Gasteiger partial charge in [0.15, 0.2) is 5.69 Å². The second-order valence-electron chi connectivity index (χ2n) is 6.44. The van der Waals surface area contributed by atoms with Crippen molar-refractivity contribution in [1.82, 2.24) is 36.2 Å². The highest BCUT2D eigenvalue weighted by Gasteiger charge is 2.24. The first-order valence-electron chi connectivity index (χ1n) is 9.25. The lowest BCUT2D eigenvalue weighted by Crippen LogP contribution is -2.36. The van der Waals surface area contributed by atoms with Gasteiger partial charge in [-0.2, -0.15) is 4.68 Å². The fourth-order valence-corrected chi connectivity index (χ4v) is 3.87. The fraction of sp³-hybridized carbons (Fsp3) is 0.0500. The van der Waals surface area contributed by atoms with Crippen molar-refractivity contribution in [2.45, 2.75) is 10.6 Å². The van der Waals surface area contributed by atoms with E-state index in [9.17, 15) is 4.79 Å². The van der Waals surface area contributed by atoms with E-state index in [4.69, 9.17) is 5.73 Å². The topological polar surface area (TPSA) is 137 Å². The summed E-state index contributed by atoms with van der Waals surface area (Å²) in [6.45, 7) is 3.94. The predicted octanol–water partition coefficient (Wildman–Crippen LogP) is 3.19. The van der Waals surface area contributed by atoms with E-state index >= 15 is 0 Å². The van der Waals surface area contributed by atoms with Gasteiger partial charge in [-0.3, -0.25) is 15.6 Å². The number of aromatic nitrogens is 5. The maximum absolute atomic E-state index is 12.9. The molecule has 0 saturated carbocycles. The highest BCUT2D eigenvalue weighted by atomic mass is 79.9. The van der Waals surface area contributed by atoms with Crippen molar-refractivity contribution in [3.8, 4) is 5.82 Å². The third-order valence-corrected chi connectivity index (χ3v) is 5.86. The van der Waals surface area contributed by atoms with Crippen LogP contribution < -0.4 is 16.6 Å². The molecule has 2 aromatic heterocycles. The molecule has 0 saturated heterocycles. The first kappa shape index (κ1) is 21.6. The third-order valence-electron chi connectivity index (χ3n) is 4.31. The number of nitrogens with one attached hydrogen (secondary N) is 2. The van der Waals surface area contributed by atoms with Crippen LogP contribution in [0.3, 0.4) is 0 Å². The fourth-order valence-electron chi connectivity index (χ4n) is 2.70. The van der Waals surface area contributed by atoms with Gasteiger partial charge in [0, 0.05) is 15.1 Å². The van der Waals surface area contributed by atoms with Crippen molar-refractivity contribution in [2.75, 3.05) is 5.73 Å². The van der Waals surface area contributed by atoms with Crippen LogP contribution in [-0.2, 0) is 5.75 Å². The molecule has 4 N–H and O–H groups in total. The van der Waals surface area contributed by atoms with Gasteiger partial charge in [-0.05, 0) is 40.1 Å². The molecule has 0 spiro atoms. The molecule has 4 rings (SSSR count). The van der Waals surface area contributed by atoms with Crippen LogP contribution in [0.25, 0.3) is 11.5 Å². The van der Waals surface area contributed by atoms with Crippen molar-refractivity contribution >= 4 is 45.1 Å². The van der Waals surface area contributed by atoms with Gasteiger partial charge in [-0.25, -0.2) is 4.63 Å². The molecule has 0 fully saturated rings. The zero-order valence-electron chi connectivity index (χ0n) is 16.5. The molecule has 0 unspecified atom stereocenters. The number of nitrogens with zero attached hydrogens (tertiary/aromatic N) is 5. The molecule has 1 amide bonds. The molecule has 2 heterocycles. The molecule has 2 aromatic carbocycles. The Morgan fingerprint density at radius 2 is 1.88 bits per heavy atom. The molecule has 0 atom stereocenters. The number of halogens is 1. The number of carbonyl (C=O) groups is 1. The van der Waals surface area contributed by atoms with E-state index in [0.717, 1.165) is 14.9 Å². The van der Waals surface area contributed by atoms with Crippen molar-refractivity contribution in [2.24, 2.45) is 0 Å². The molecule has 0 bridgehead atoms. The number of rotatable bonds is 8. The lowest BCUT2D eigenvalue weighted by molar-refractivity contribution is 0.0936. The Hall–Kier alpha value is -3.64. The normalized spacial score (nSPS) is 10.7. The summed E-state index contributed by atoms with van der Waals surface area (Å²) in [5.41, 5.74) is 13.2. The number of thioether (sulfide) groups is 1. The number of anilines is 1. The lowest BCUT2D eigenvalue weighted by atomic mass is 10.2. The number of hydrogen-bond acceptors (Lipinski definition) is 9. The van der Waals surface area contributed by atoms with Gasteiger partial charge in [0.2, 0.25) is 11.6 Å². The molecular weight excluding hydrogens is 496 g/mol. The van der Waals surface area contributed by atoms with Crippen molar-refractivity contribution in [1.29, 1.82) is 0 Å². The van der Waals surface area contributed by atoms with E-state index < -0.39 is 5.91 Å². The minimum absolute atomic E-state index is 0.0366. The number of nitrogens with two attached hydrogens (primary N) is 1. The summed E-state index contributed by atoms with van der Waals surface area (Å²) in [7, 11) is 0. The molecule has 0 radical (unpaired) electrons. The summed E-state index contributed by atoms with van der Waals surface area (Å²) in [4.78, 5) is 13.9. The summed E-state index contributed by atoms with van der Waals surface area (Å²) < 4.78 is 6.96. The first-order valence-corrected chi connectivity index (χ1v) is 11.0. The Kier molecular flexibility index (Phi) is 6.52. The minimum Gasteiger partial charge on any atom is -0.378 e. The number of amides is 1. The molecule has 12 heteroatoms. The standard InChI is InChI=1S/C20H17BrN8O2S/c1-12(13-7-9-14(21)10-8-13)23-25-20(30)17-16(11-32-15-5-3-2-4-6-15)29(28-24-17)19-18(22)26-31-27-19/h2-10,23H,1,11H2,(H2,22,26)(H,25,30). The zero-order chi connectivity index (χ0) is 22.5. The van der Waals surface area contributed by atoms with Crippen LogP contribution in [0, 0.1) is 0 Å². The van der Waals surface area contributed by atoms with Crippen molar-refractivity contribution in [3.05, 3.63) is 82.6 Å². The molecule has 32 heavy (non-hydrogen) atoms. The second kappa shape index (κ2) is 9.66. The van der Waals surface area contributed by atoms with Gasteiger partial charge in [0.1, 0.15) is 0 Å². The Morgan fingerprint density at radius 1 is 1.12 bits per heavy atom. The molecule has 162 valence electrons. The first-order chi connectivity index (χ1) is 15.5. The number of carbonyl (C=O) groups excluding carboxylic acids is 1. The largest absolute Gasteiger partial charge is 0.378 e. The van der Waals surface area contributed by atoms with Crippen LogP contribution >= 0.6 is 27.7 Å². The third kappa shape index (κ3) is 4.81. The maximum atomic E-state index is 12.9. The number of nitrogen functional groups attached to an aromatic ring is 1. The van der Waals surface area contributed by atoms with Gasteiger partial charge < -0.3 is 5.73 Å². The SMILES string of the molecule is C=C(NNC(=O)c1nnn(-c2nonc2N)c1CSc1ccccc1)c1ccc(Br)cc1. The smallest absolute Gasteiger partial charge is 0.292 e. The Bertz CT molecular complexity index is 1240. The highest BCUT2D eigenvalue weighted by Crippen LogP contribution is 2.25. The number of hydrogen-bond donors (Lipinski definition) is 3. The summed E-state index contributed by atoms with van der Waals surface area (Å²) in [6.07, 6.45) is 0. The molecule has 0 aliphatic rings. The quantitative estimate of drug-likeness (QED) is 0.240. The van der Waals surface area contributed by atoms with E-state index in [-0.39, 0.29) is 17.3 Å². The Labute approximate surface area is 195 Å². The average Bonchev–Trinajstić information content (AvgIpc) is 3.42. The van der Waals surface area contributed by atoms with Gasteiger partial charge in [-0.15, -0.1) is 16.9 Å². The highest BCUT2D eigenvalue weighted by molar-refractivity contribution is 9.10. The van der Waals surface area contributed by atoms with Gasteiger partial charge in [0.25, 0.3) is 5.91 Å². The summed E-state index contributed by atoms with van der Waals surface area (Å²) in [6, 6.07) is 17.2. The molecule has 0 aliphatic carbocycles. The Morgan fingerprint density at radius 3 is 2.56 bits per heavy atom. The minimum atomic E-state index is -0.492. The van der Waals surface area contributed by atoms with E-state index in [1.807, 2.05) is 54.6 Å². The molecule has 0 aliphatic heterocycles. The van der Waals surface area contributed by atoms with E-state index in [1.165, 1.54) is 16.4 Å². The molecule has 4 aromatic rings. The van der Waals surface area contributed by atoms with Crippen LogP contribution in [0.1, 0.15) is 21.7 Å². The van der Waals surface area contributed by atoms with Crippen LogP contribution in [0.2, 0.25) is 0 Å². The Balaban J connectivity index is 1.54. The second-order valence-corrected chi connectivity index (χ2v) is 8.40. The molecular formula is C20H17BrN8O2S. The number of hydrazine groups is 1.